The molecule has 4 rings (SSSR count). The molecule has 4 aromatic rings. The molecule has 0 atom stereocenters. The number of H-pyrrole nitrogens is 1. The van der Waals surface area contributed by atoms with Crippen LogP contribution in [0.1, 0.15) is 16.1 Å². The quantitative estimate of drug-likeness (QED) is 0.524. The average Bonchev–Trinajstić information content (AvgIpc) is 3.26. The number of aryl methyl sites for hydroxylation is 1. The number of rotatable bonds is 3. The lowest BCUT2D eigenvalue weighted by atomic mass is 9.94. The molecule has 1 aromatic carbocycles. The van der Waals surface area contributed by atoms with Crippen LogP contribution in [0.5, 0.6) is 0 Å². The largest absolute Gasteiger partial charge is 0.396 e. The fourth-order valence-corrected chi connectivity index (χ4v) is 3.48. The van der Waals surface area contributed by atoms with E-state index < -0.39 is 5.91 Å². The summed E-state index contributed by atoms with van der Waals surface area (Å²) in [5.74, 6) is -0.665. The standard InChI is InChI=1S/C17H14N6OS/c1-8-2-3-11-10(5-21-23-11)14(8)9-4-12(13-6-20-7-25-13)22-16(15(9)18)17(19)24/h2-7H,18H2,1H3,(H2,19,24)(H,21,23). The van der Waals surface area contributed by atoms with Gasteiger partial charge in [-0.2, -0.15) is 5.10 Å². The Morgan fingerprint density at radius 3 is 2.84 bits per heavy atom. The van der Waals surface area contributed by atoms with Gasteiger partial charge in [-0.3, -0.25) is 14.9 Å². The minimum absolute atomic E-state index is 0.0563. The molecule has 124 valence electrons. The summed E-state index contributed by atoms with van der Waals surface area (Å²) in [6.45, 7) is 1.98. The number of aromatic amines is 1. The van der Waals surface area contributed by atoms with E-state index in [-0.39, 0.29) is 11.4 Å². The summed E-state index contributed by atoms with van der Waals surface area (Å²) >= 11 is 1.43. The zero-order valence-electron chi connectivity index (χ0n) is 13.3. The second-order valence-corrected chi connectivity index (χ2v) is 6.52. The fourth-order valence-electron chi connectivity index (χ4n) is 2.90. The third kappa shape index (κ3) is 2.43. The Hall–Kier alpha value is -3.26. The van der Waals surface area contributed by atoms with Crippen molar-refractivity contribution in [2.75, 3.05) is 5.73 Å². The minimum atomic E-state index is -0.665. The van der Waals surface area contributed by atoms with Gasteiger partial charge in [0.05, 0.1) is 33.5 Å². The molecule has 0 spiro atoms. The van der Waals surface area contributed by atoms with Crippen molar-refractivity contribution >= 4 is 33.8 Å². The van der Waals surface area contributed by atoms with Gasteiger partial charge in [0.2, 0.25) is 0 Å². The number of hydrogen-bond acceptors (Lipinski definition) is 6. The highest BCUT2D eigenvalue weighted by Gasteiger charge is 2.20. The van der Waals surface area contributed by atoms with E-state index in [0.717, 1.165) is 26.9 Å². The van der Waals surface area contributed by atoms with Crippen molar-refractivity contribution < 1.29 is 4.79 Å². The Morgan fingerprint density at radius 1 is 1.28 bits per heavy atom. The fraction of sp³-hybridized carbons (Fsp3) is 0.0588. The predicted octanol–water partition coefficient (Wildman–Crippen LogP) is 2.74. The number of primary amides is 1. The first kappa shape index (κ1) is 15.3. The SMILES string of the molecule is Cc1ccc2[nH]ncc2c1-c1cc(-c2cncs2)nc(C(N)=O)c1N. The van der Waals surface area contributed by atoms with E-state index in [2.05, 4.69) is 20.2 Å². The number of amides is 1. The number of aromatic nitrogens is 4. The van der Waals surface area contributed by atoms with Gasteiger partial charge >= 0.3 is 0 Å². The predicted molar refractivity (Wildman–Crippen MR) is 98.1 cm³/mol. The maximum absolute atomic E-state index is 11.9. The van der Waals surface area contributed by atoms with Crippen LogP contribution in [0.15, 0.2) is 36.1 Å². The summed E-state index contributed by atoms with van der Waals surface area (Å²) in [5.41, 5.74) is 17.9. The van der Waals surface area contributed by atoms with E-state index >= 15 is 0 Å². The molecule has 5 N–H and O–H groups in total. The minimum Gasteiger partial charge on any atom is -0.396 e. The van der Waals surface area contributed by atoms with E-state index in [1.165, 1.54) is 11.3 Å². The number of nitrogens with two attached hydrogens (primary N) is 2. The number of nitrogens with zero attached hydrogens (tertiary/aromatic N) is 3. The Kier molecular flexibility index (Phi) is 3.47. The molecule has 7 nitrogen and oxygen atoms in total. The molecular weight excluding hydrogens is 336 g/mol. The molecule has 8 heteroatoms. The van der Waals surface area contributed by atoms with Crippen LogP contribution in [-0.4, -0.2) is 26.1 Å². The third-order valence-electron chi connectivity index (χ3n) is 4.08. The van der Waals surface area contributed by atoms with Crippen molar-refractivity contribution in [2.24, 2.45) is 5.73 Å². The van der Waals surface area contributed by atoms with Crippen molar-refractivity contribution in [3.63, 3.8) is 0 Å². The molecule has 0 aliphatic rings. The van der Waals surface area contributed by atoms with Crippen LogP contribution < -0.4 is 11.5 Å². The number of nitrogens with one attached hydrogen (secondary N) is 1. The van der Waals surface area contributed by atoms with Crippen LogP contribution in [0.3, 0.4) is 0 Å². The highest BCUT2D eigenvalue weighted by Crippen LogP contribution is 2.38. The van der Waals surface area contributed by atoms with Gasteiger partial charge in [0, 0.05) is 17.1 Å². The van der Waals surface area contributed by atoms with E-state index in [1.807, 2.05) is 25.1 Å². The Morgan fingerprint density at radius 2 is 2.12 bits per heavy atom. The molecule has 0 aliphatic carbocycles. The monoisotopic (exact) mass is 350 g/mol. The Balaban J connectivity index is 2.08. The molecular formula is C17H14N6OS. The first-order chi connectivity index (χ1) is 12.1. The first-order valence-electron chi connectivity index (χ1n) is 7.48. The van der Waals surface area contributed by atoms with E-state index in [9.17, 15) is 4.79 Å². The van der Waals surface area contributed by atoms with Crippen LogP contribution >= 0.6 is 11.3 Å². The lowest BCUT2D eigenvalue weighted by Gasteiger charge is -2.14. The molecule has 0 aliphatic heterocycles. The maximum Gasteiger partial charge on any atom is 0.269 e. The van der Waals surface area contributed by atoms with Gasteiger partial charge in [0.15, 0.2) is 5.69 Å². The van der Waals surface area contributed by atoms with Gasteiger partial charge < -0.3 is 11.5 Å². The summed E-state index contributed by atoms with van der Waals surface area (Å²) in [7, 11) is 0. The number of benzene rings is 1. The first-order valence-corrected chi connectivity index (χ1v) is 8.36. The average molecular weight is 350 g/mol. The smallest absolute Gasteiger partial charge is 0.269 e. The van der Waals surface area contributed by atoms with E-state index in [1.54, 1.807) is 17.9 Å². The topological polar surface area (TPSA) is 124 Å². The summed E-state index contributed by atoms with van der Waals surface area (Å²) < 4.78 is 0. The van der Waals surface area contributed by atoms with Crippen LogP contribution in [0, 0.1) is 6.92 Å². The number of carbonyl (C=O) groups is 1. The van der Waals surface area contributed by atoms with Crippen molar-refractivity contribution in [2.45, 2.75) is 6.92 Å². The molecule has 1 amide bonds. The Labute approximate surface area is 146 Å². The number of hydrogen-bond donors (Lipinski definition) is 3. The highest BCUT2D eigenvalue weighted by atomic mass is 32.1. The van der Waals surface area contributed by atoms with Crippen molar-refractivity contribution in [3.8, 4) is 21.7 Å². The molecule has 0 saturated heterocycles. The molecule has 0 saturated carbocycles. The van der Waals surface area contributed by atoms with Gasteiger partial charge in [-0.15, -0.1) is 11.3 Å². The van der Waals surface area contributed by atoms with E-state index in [0.29, 0.717) is 11.3 Å². The molecule has 25 heavy (non-hydrogen) atoms. The second-order valence-electron chi connectivity index (χ2n) is 5.64. The summed E-state index contributed by atoms with van der Waals surface area (Å²) in [6.07, 6.45) is 3.44. The molecule has 0 unspecified atom stereocenters. The van der Waals surface area contributed by atoms with Gasteiger partial charge in [0.25, 0.3) is 5.91 Å². The van der Waals surface area contributed by atoms with Crippen LogP contribution in [0.25, 0.3) is 32.6 Å². The van der Waals surface area contributed by atoms with Crippen molar-refractivity contribution in [3.05, 3.63) is 47.4 Å². The van der Waals surface area contributed by atoms with Crippen LogP contribution in [-0.2, 0) is 0 Å². The number of carbonyl (C=O) groups excluding carboxylic acids is 1. The van der Waals surface area contributed by atoms with Crippen LogP contribution in [0.2, 0.25) is 0 Å². The molecule has 0 radical (unpaired) electrons. The van der Waals surface area contributed by atoms with E-state index in [4.69, 9.17) is 11.5 Å². The zero-order chi connectivity index (χ0) is 17.6. The molecule has 0 bridgehead atoms. The van der Waals surface area contributed by atoms with Gasteiger partial charge in [-0.25, -0.2) is 4.98 Å². The van der Waals surface area contributed by atoms with Gasteiger partial charge in [-0.1, -0.05) is 6.07 Å². The van der Waals surface area contributed by atoms with Crippen molar-refractivity contribution in [1.29, 1.82) is 0 Å². The molecule has 3 aromatic heterocycles. The number of nitrogen functional groups attached to an aromatic ring is 1. The molecule has 3 heterocycles. The summed E-state index contributed by atoms with van der Waals surface area (Å²) in [5, 5.41) is 7.98. The zero-order valence-corrected chi connectivity index (χ0v) is 14.1. The lowest BCUT2D eigenvalue weighted by Crippen LogP contribution is -2.16. The molecule has 0 fully saturated rings. The summed E-state index contributed by atoms with van der Waals surface area (Å²) in [6, 6.07) is 5.80. The number of thiazole rings is 1. The highest BCUT2D eigenvalue weighted by molar-refractivity contribution is 7.13. The number of pyridine rings is 1. The number of anilines is 1. The van der Waals surface area contributed by atoms with Crippen molar-refractivity contribution in [1.82, 2.24) is 20.2 Å². The number of fused-ring (bicyclic) bond motifs is 1. The Bertz CT molecular complexity index is 1100. The maximum atomic E-state index is 11.9. The lowest BCUT2D eigenvalue weighted by molar-refractivity contribution is 0.0996. The summed E-state index contributed by atoms with van der Waals surface area (Å²) in [4.78, 5) is 21.1. The van der Waals surface area contributed by atoms with Crippen LogP contribution in [0.4, 0.5) is 5.69 Å². The van der Waals surface area contributed by atoms with Gasteiger partial charge in [0.1, 0.15) is 0 Å². The normalized spacial score (nSPS) is 11.1. The third-order valence-corrected chi connectivity index (χ3v) is 4.87. The van der Waals surface area contributed by atoms with Gasteiger partial charge in [-0.05, 0) is 30.2 Å². The second kappa shape index (κ2) is 5.67.